The van der Waals surface area contributed by atoms with E-state index >= 15 is 0 Å². The molecule has 0 radical (unpaired) electrons. The molecule has 0 unspecified atom stereocenters. The van der Waals surface area contributed by atoms with Gasteiger partial charge in [-0.1, -0.05) is 0 Å². The Labute approximate surface area is 124 Å². The first-order valence-electron chi connectivity index (χ1n) is 6.00. The first-order valence-corrected chi connectivity index (χ1v) is 7.59. The molecule has 6 heteroatoms. The zero-order chi connectivity index (χ0) is 12.8. The Bertz CT molecular complexity index is 384. The van der Waals surface area contributed by atoms with Gasteiger partial charge in [-0.05, 0) is 50.4 Å². The fraction of sp³-hybridized carbons (Fsp3) is 0.583. The molecule has 0 amide bonds. The second kappa shape index (κ2) is 7.43. The van der Waals surface area contributed by atoms with Crippen LogP contribution in [0.15, 0.2) is 21.3 Å². The number of halogens is 2. The van der Waals surface area contributed by atoms with Gasteiger partial charge in [-0.25, -0.2) is 4.98 Å². The molecule has 1 fully saturated rings. The number of aromatic nitrogens is 1. The van der Waals surface area contributed by atoms with E-state index in [2.05, 4.69) is 41.7 Å². The Morgan fingerprint density at radius 1 is 1.28 bits per heavy atom. The summed E-state index contributed by atoms with van der Waals surface area (Å²) in [6.45, 7) is 5.53. The molecule has 0 aliphatic carbocycles. The van der Waals surface area contributed by atoms with Gasteiger partial charge in [-0.15, -0.1) is 0 Å². The van der Waals surface area contributed by atoms with Crippen LogP contribution in [-0.2, 0) is 4.74 Å². The van der Waals surface area contributed by atoms with Crippen LogP contribution in [0.1, 0.15) is 6.42 Å². The van der Waals surface area contributed by atoms with Gasteiger partial charge >= 0.3 is 0 Å². The summed E-state index contributed by atoms with van der Waals surface area (Å²) in [6.07, 6.45) is 1.02. The Balaban J connectivity index is 1.68. The second-order valence-electron chi connectivity index (χ2n) is 4.08. The molecule has 0 saturated carbocycles. The molecule has 18 heavy (non-hydrogen) atoms. The summed E-state index contributed by atoms with van der Waals surface area (Å²) in [6, 6.07) is 3.79. The number of morpholine rings is 1. The van der Waals surface area contributed by atoms with Gasteiger partial charge < -0.3 is 9.47 Å². The van der Waals surface area contributed by atoms with E-state index < -0.39 is 0 Å². The first kappa shape index (κ1) is 14.2. The van der Waals surface area contributed by atoms with Crippen molar-refractivity contribution in [1.29, 1.82) is 0 Å². The Kier molecular flexibility index (Phi) is 5.88. The van der Waals surface area contributed by atoms with Gasteiger partial charge in [-0.2, -0.15) is 0 Å². The van der Waals surface area contributed by atoms with E-state index in [1.165, 1.54) is 0 Å². The van der Waals surface area contributed by atoms with Crippen LogP contribution < -0.4 is 4.74 Å². The van der Waals surface area contributed by atoms with E-state index in [-0.39, 0.29) is 0 Å². The summed E-state index contributed by atoms with van der Waals surface area (Å²) in [7, 11) is 0. The smallest absolute Gasteiger partial charge is 0.152 e. The van der Waals surface area contributed by atoms with Crippen molar-refractivity contribution in [2.45, 2.75) is 6.42 Å². The van der Waals surface area contributed by atoms with Crippen molar-refractivity contribution in [3.8, 4) is 5.75 Å². The molecule has 1 aliphatic rings. The van der Waals surface area contributed by atoms with Gasteiger partial charge in [0.05, 0.1) is 19.8 Å². The molecule has 2 heterocycles. The van der Waals surface area contributed by atoms with Crippen LogP contribution in [0.4, 0.5) is 0 Å². The number of ether oxygens (including phenoxy) is 2. The molecule has 1 aromatic heterocycles. The number of pyridine rings is 1. The quantitative estimate of drug-likeness (QED) is 0.582. The van der Waals surface area contributed by atoms with Gasteiger partial charge in [0.15, 0.2) is 5.75 Å². The third-order valence-electron chi connectivity index (χ3n) is 2.76. The zero-order valence-corrected chi connectivity index (χ0v) is 13.2. The summed E-state index contributed by atoms with van der Waals surface area (Å²) in [5.41, 5.74) is 0. The molecule has 1 aromatic rings. The lowest BCUT2D eigenvalue weighted by atomic mass is 10.3. The van der Waals surface area contributed by atoms with Crippen molar-refractivity contribution in [1.82, 2.24) is 9.88 Å². The van der Waals surface area contributed by atoms with Gasteiger partial charge in [0.2, 0.25) is 0 Å². The van der Waals surface area contributed by atoms with Crippen molar-refractivity contribution < 1.29 is 9.47 Å². The summed E-state index contributed by atoms with van der Waals surface area (Å²) in [5, 5.41) is 0. The van der Waals surface area contributed by atoms with E-state index in [1.54, 1.807) is 0 Å². The minimum atomic E-state index is 0.708. The highest BCUT2D eigenvalue weighted by atomic mass is 79.9. The lowest BCUT2D eigenvalue weighted by molar-refractivity contribution is 0.0357. The summed E-state index contributed by atoms with van der Waals surface area (Å²) in [4.78, 5) is 6.63. The molecule has 4 nitrogen and oxygen atoms in total. The van der Waals surface area contributed by atoms with E-state index in [9.17, 15) is 0 Å². The lowest BCUT2D eigenvalue weighted by Gasteiger charge is -2.26. The minimum absolute atomic E-state index is 0.708. The monoisotopic (exact) mass is 378 g/mol. The number of hydrogen-bond acceptors (Lipinski definition) is 4. The van der Waals surface area contributed by atoms with Crippen LogP contribution >= 0.6 is 31.9 Å². The van der Waals surface area contributed by atoms with Crippen LogP contribution in [0.3, 0.4) is 0 Å². The molecular formula is C12H16Br2N2O2. The predicted octanol–water partition coefficient (Wildman–Crippen LogP) is 2.71. The standard InChI is InChI=1S/C12H16Br2N2O2/c13-11-3-2-10(12(14)15-11)18-7-1-4-16-5-8-17-9-6-16/h2-3H,1,4-9H2. The number of hydrogen-bond donors (Lipinski definition) is 0. The average Bonchev–Trinajstić information content (AvgIpc) is 2.38. The van der Waals surface area contributed by atoms with Gasteiger partial charge in [-0.3, -0.25) is 4.90 Å². The van der Waals surface area contributed by atoms with E-state index in [0.717, 1.165) is 54.2 Å². The van der Waals surface area contributed by atoms with Crippen molar-refractivity contribution in [2.75, 3.05) is 39.5 Å². The number of nitrogens with zero attached hydrogens (tertiary/aromatic N) is 2. The summed E-state index contributed by atoms with van der Waals surface area (Å²) < 4.78 is 12.5. The SMILES string of the molecule is Brc1ccc(OCCCN2CCOCC2)c(Br)n1. The zero-order valence-electron chi connectivity index (χ0n) is 10.1. The first-order chi connectivity index (χ1) is 8.75. The normalized spacial score (nSPS) is 16.8. The third kappa shape index (κ3) is 4.50. The van der Waals surface area contributed by atoms with Crippen LogP contribution in [0.2, 0.25) is 0 Å². The maximum Gasteiger partial charge on any atom is 0.152 e. The molecular weight excluding hydrogens is 364 g/mol. The predicted molar refractivity (Wildman–Crippen MR) is 77.0 cm³/mol. The van der Waals surface area contributed by atoms with E-state index in [4.69, 9.17) is 9.47 Å². The molecule has 0 aromatic carbocycles. The maximum atomic E-state index is 5.69. The fourth-order valence-electron chi connectivity index (χ4n) is 1.80. The highest BCUT2D eigenvalue weighted by Gasteiger charge is 2.09. The van der Waals surface area contributed by atoms with Crippen LogP contribution in [0.5, 0.6) is 5.75 Å². The highest BCUT2D eigenvalue weighted by Crippen LogP contribution is 2.24. The average molecular weight is 380 g/mol. The van der Waals surface area contributed by atoms with E-state index in [1.807, 2.05) is 12.1 Å². The highest BCUT2D eigenvalue weighted by molar-refractivity contribution is 9.11. The molecule has 0 bridgehead atoms. The second-order valence-corrected chi connectivity index (χ2v) is 5.64. The van der Waals surface area contributed by atoms with Gasteiger partial charge in [0.1, 0.15) is 9.21 Å². The minimum Gasteiger partial charge on any atom is -0.491 e. The Hall–Kier alpha value is -0.170. The molecule has 2 rings (SSSR count). The third-order valence-corrected chi connectivity index (χ3v) is 3.77. The molecule has 0 N–H and O–H groups in total. The van der Waals surface area contributed by atoms with Crippen molar-refractivity contribution >= 4 is 31.9 Å². The van der Waals surface area contributed by atoms with Gasteiger partial charge in [0.25, 0.3) is 0 Å². The largest absolute Gasteiger partial charge is 0.491 e. The summed E-state index contributed by atoms with van der Waals surface area (Å²) in [5.74, 6) is 0.792. The molecule has 0 spiro atoms. The van der Waals surface area contributed by atoms with Crippen LogP contribution in [0, 0.1) is 0 Å². The van der Waals surface area contributed by atoms with Crippen LogP contribution in [-0.4, -0.2) is 49.3 Å². The molecule has 1 saturated heterocycles. The number of rotatable bonds is 5. The maximum absolute atomic E-state index is 5.69. The lowest BCUT2D eigenvalue weighted by Crippen LogP contribution is -2.37. The van der Waals surface area contributed by atoms with Crippen molar-refractivity contribution in [3.05, 3.63) is 21.3 Å². The summed E-state index contributed by atoms with van der Waals surface area (Å²) >= 11 is 6.70. The van der Waals surface area contributed by atoms with Crippen molar-refractivity contribution in [2.24, 2.45) is 0 Å². The molecule has 1 aliphatic heterocycles. The topological polar surface area (TPSA) is 34.6 Å². The Morgan fingerprint density at radius 2 is 2.06 bits per heavy atom. The van der Waals surface area contributed by atoms with E-state index in [0.29, 0.717) is 6.61 Å². The van der Waals surface area contributed by atoms with Crippen LogP contribution in [0.25, 0.3) is 0 Å². The van der Waals surface area contributed by atoms with Crippen molar-refractivity contribution in [3.63, 3.8) is 0 Å². The van der Waals surface area contributed by atoms with Gasteiger partial charge in [0, 0.05) is 19.6 Å². The Morgan fingerprint density at radius 3 is 2.78 bits per heavy atom. The molecule has 100 valence electrons. The fourth-order valence-corrected chi connectivity index (χ4v) is 2.79. The molecule has 0 atom stereocenters.